The Kier molecular flexibility index (Phi) is 6.58. The molecule has 2 aromatic rings. The highest BCUT2D eigenvalue weighted by atomic mass is 32.2. The topological polar surface area (TPSA) is 95.8 Å². The van der Waals surface area contributed by atoms with Crippen molar-refractivity contribution >= 4 is 27.4 Å². The molecule has 3 heterocycles. The molecule has 2 aliphatic heterocycles. The Balaban J connectivity index is 1.30. The number of sulfonamides is 1. The van der Waals surface area contributed by atoms with Crippen LogP contribution >= 0.6 is 0 Å². The summed E-state index contributed by atoms with van der Waals surface area (Å²) in [5, 5.41) is 0.0692. The van der Waals surface area contributed by atoms with Gasteiger partial charge < -0.3 is 14.4 Å². The molecule has 0 bridgehead atoms. The van der Waals surface area contributed by atoms with Crippen LogP contribution in [0.4, 0.5) is 5.69 Å². The summed E-state index contributed by atoms with van der Waals surface area (Å²) in [6.07, 6.45) is 2.59. The van der Waals surface area contributed by atoms with E-state index in [0.29, 0.717) is 50.4 Å². The predicted molar refractivity (Wildman–Crippen MR) is 125 cm³/mol. The van der Waals surface area contributed by atoms with Crippen LogP contribution in [0.2, 0.25) is 0 Å². The number of nitrogens with zero attached hydrogens (tertiary/aromatic N) is 5. The number of benzene rings is 1. The molecule has 2 fully saturated rings. The zero-order valence-corrected chi connectivity index (χ0v) is 20.2. The van der Waals surface area contributed by atoms with Gasteiger partial charge in [0, 0.05) is 69.7 Å². The van der Waals surface area contributed by atoms with Crippen molar-refractivity contribution < 1.29 is 18.0 Å². The molecule has 0 atom stereocenters. The Hall–Kier alpha value is -2.72. The lowest BCUT2D eigenvalue weighted by Gasteiger charge is -2.39. The van der Waals surface area contributed by atoms with E-state index in [-0.39, 0.29) is 22.6 Å². The number of piperazine rings is 1. The van der Waals surface area contributed by atoms with Gasteiger partial charge in [0.1, 0.15) is 5.82 Å². The van der Waals surface area contributed by atoms with Crippen LogP contribution in [0, 0.1) is 12.8 Å². The number of aromatic nitrogens is 2. The molecule has 1 aromatic heterocycles. The lowest BCUT2D eigenvalue weighted by molar-refractivity contribution is -0.137. The minimum Gasteiger partial charge on any atom is -0.368 e. The molecule has 4 rings (SSSR count). The molecule has 2 aliphatic rings. The maximum absolute atomic E-state index is 13.1. The summed E-state index contributed by atoms with van der Waals surface area (Å²) in [6.45, 7) is 6.73. The second-order valence-corrected chi connectivity index (χ2v) is 10.7. The summed E-state index contributed by atoms with van der Waals surface area (Å²) in [5.74, 6) is 0.661. The fourth-order valence-corrected chi connectivity index (χ4v) is 5.97. The van der Waals surface area contributed by atoms with E-state index in [1.54, 1.807) is 25.5 Å². The number of Topliss-reactive ketones (excluding diaryl/α,β-unsaturated/α-hetero) is 1. The number of carbonyl (C=O) groups is 2. The number of rotatable bonds is 5. The van der Waals surface area contributed by atoms with Crippen LogP contribution in [0.1, 0.15) is 35.9 Å². The molecular formula is C23H31N5O4S. The summed E-state index contributed by atoms with van der Waals surface area (Å²) in [7, 11) is -1.86. The molecular weight excluding hydrogens is 442 g/mol. The van der Waals surface area contributed by atoms with Gasteiger partial charge in [0.2, 0.25) is 5.91 Å². The number of carbonyl (C=O) groups excluding carboxylic acids is 2. The van der Waals surface area contributed by atoms with Crippen molar-refractivity contribution in [2.45, 2.75) is 31.7 Å². The third-order valence-corrected chi connectivity index (χ3v) is 8.49. The van der Waals surface area contributed by atoms with E-state index in [1.165, 1.54) is 10.5 Å². The fraction of sp³-hybridized carbons (Fsp3) is 0.522. The zero-order valence-electron chi connectivity index (χ0n) is 19.4. The van der Waals surface area contributed by atoms with Gasteiger partial charge in [0.05, 0.1) is 0 Å². The van der Waals surface area contributed by atoms with Crippen molar-refractivity contribution in [1.29, 1.82) is 0 Å². The highest BCUT2D eigenvalue weighted by molar-refractivity contribution is 7.89. The van der Waals surface area contributed by atoms with E-state index < -0.39 is 10.0 Å². The van der Waals surface area contributed by atoms with Gasteiger partial charge in [-0.3, -0.25) is 9.59 Å². The number of anilines is 1. The Labute approximate surface area is 195 Å². The Morgan fingerprint density at radius 2 is 1.58 bits per heavy atom. The summed E-state index contributed by atoms with van der Waals surface area (Å²) in [5.41, 5.74) is 1.74. The Bertz CT molecular complexity index is 1110. The highest BCUT2D eigenvalue weighted by Crippen LogP contribution is 2.26. The molecule has 0 saturated carbocycles. The molecule has 33 heavy (non-hydrogen) atoms. The summed E-state index contributed by atoms with van der Waals surface area (Å²) in [4.78, 5) is 32.8. The van der Waals surface area contributed by atoms with Gasteiger partial charge in [0.15, 0.2) is 10.8 Å². The van der Waals surface area contributed by atoms with Gasteiger partial charge in [0.25, 0.3) is 10.0 Å². The van der Waals surface area contributed by atoms with Crippen LogP contribution in [0.15, 0.2) is 35.5 Å². The summed E-state index contributed by atoms with van der Waals surface area (Å²) < 4.78 is 28.9. The number of piperidine rings is 1. The minimum atomic E-state index is -3.64. The van der Waals surface area contributed by atoms with Crippen molar-refractivity contribution in [3.05, 3.63) is 41.9 Å². The van der Waals surface area contributed by atoms with E-state index in [1.807, 2.05) is 29.2 Å². The molecule has 1 aromatic carbocycles. The first-order valence-corrected chi connectivity index (χ1v) is 12.8. The maximum Gasteiger partial charge on any atom is 0.262 e. The van der Waals surface area contributed by atoms with Crippen LogP contribution in [0.3, 0.4) is 0 Å². The van der Waals surface area contributed by atoms with Crippen molar-refractivity contribution in [2.24, 2.45) is 13.0 Å². The van der Waals surface area contributed by atoms with Crippen molar-refractivity contribution in [3.63, 3.8) is 0 Å². The molecule has 2 saturated heterocycles. The maximum atomic E-state index is 13.1. The van der Waals surface area contributed by atoms with Crippen LogP contribution in [-0.4, -0.2) is 78.1 Å². The molecule has 0 radical (unpaired) electrons. The first-order chi connectivity index (χ1) is 15.7. The number of amides is 1. The van der Waals surface area contributed by atoms with Crippen molar-refractivity contribution in [3.8, 4) is 0 Å². The van der Waals surface area contributed by atoms with Crippen LogP contribution in [0.5, 0.6) is 0 Å². The average molecular weight is 474 g/mol. The second kappa shape index (κ2) is 9.26. The predicted octanol–water partition coefficient (Wildman–Crippen LogP) is 1.68. The molecule has 0 N–H and O–H groups in total. The van der Waals surface area contributed by atoms with Gasteiger partial charge in [-0.25, -0.2) is 13.4 Å². The van der Waals surface area contributed by atoms with Gasteiger partial charge in [-0.1, -0.05) is 0 Å². The van der Waals surface area contributed by atoms with Gasteiger partial charge in [-0.15, -0.1) is 0 Å². The van der Waals surface area contributed by atoms with E-state index in [0.717, 1.165) is 18.8 Å². The first-order valence-electron chi connectivity index (χ1n) is 11.3. The van der Waals surface area contributed by atoms with E-state index in [2.05, 4.69) is 9.88 Å². The molecule has 9 nitrogen and oxygen atoms in total. The first kappa shape index (κ1) is 23.4. The lowest BCUT2D eigenvalue weighted by atomic mass is 9.96. The standard InChI is InChI=1S/C23H31N5O4S/c1-17(29)19-4-6-21(7-5-19)26-12-14-27(15-13-26)23(30)20-8-10-28(11-9-20)33(31,32)22-16-25(3)18(2)24-22/h4-7,16,20H,8-15H2,1-3H3. The zero-order chi connectivity index (χ0) is 23.8. The average Bonchev–Trinajstić information content (AvgIpc) is 3.18. The Morgan fingerprint density at radius 1 is 0.970 bits per heavy atom. The third kappa shape index (κ3) is 4.81. The summed E-state index contributed by atoms with van der Waals surface area (Å²) in [6, 6.07) is 7.58. The quantitative estimate of drug-likeness (QED) is 0.613. The highest BCUT2D eigenvalue weighted by Gasteiger charge is 2.35. The second-order valence-electron chi connectivity index (χ2n) is 8.83. The van der Waals surface area contributed by atoms with Gasteiger partial charge in [-0.2, -0.15) is 4.31 Å². The number of imidazole rings is 1. The minimum absolute atomic E-state index is 0.0472. The third-order valence-electron chi connectivity index (χ3n) is 6.72. The number of ketones is 1. The number of hydrogen-bond donors (Lipinski definition) is 0. The van der Waals surface area contributed by atoms with Crippen LogP contribution in [-0.2, 0) is 21.9 Å². The monoisotopic (exact) mass is 473 g/mol. The van der Waals surface area contributed by atoms with Gasteiger partial charge >= 0.3 is 0 Å². The van der Waals surface area contributed by atoms with Gasteiger partial charge in [-0.05, 0) is 51.0 Å². The molecule has 178 valence electrons. The number of aryl methyl sites for hydroxylation is 2. The van der Waals surface area contributed by atoms with E-state index >= 15 is 0 Å². The van der Waals surface area contributed by atoms with Crippen LogP contribution in [0.25, 0.3) is 0 Å². The number of hydrogen-bond acceptors (Lipinski definition) is 6. The van der Waals surface area contributed by atoms with Crippen LogP contribution < -0.4 is 4.90 Å². The van der Waals surface area contributed by atoms with Crippen molar-refractivity contribution in [2.75, 3.05) is 44.2 Å². The summed E-state index contributed by atoms with van der Waals surface area (Å²) >= 11 is 0. The molecule has 0 spiro atoms. The molecule has 0 aliphatic carbocycles. The molecule has 0 unspecified atom stereocenters. The van der Waals surface area contributed by atoms with Crippen molar-refractivity contribution in [1.82, 2.24) is 18.8 Å². The largest absolute Gasteiger partial charge is 0.368 e. The molecule has 10 heteroatoms. The lowest BCUT2D eigenvalue weighted by Crippen LogP contribution is -2.52. The normalized spacial score (nSPS) is 18.5. The van der Waals surface area contributed by atoms with E-state index in [4.69, 9.17) is 0 Å². The Morgan fingerprint density at radius 3 is 2.09 bits per heavy atom. The SMILES string of the molecule is CC(=O)c1ccc(N2CCN(C(=O)C3CCN(S(=O)(=O)c4cn(C)c(C)n4)CC3)CC2)cc1. The smallest absolute Gasteiger partial charge is 0.262 e. The van der Waals surface area contributed by atoms with E-state index in [9.17, 15) is 18.0 Å². The molecule has 1 amide bonds. The fourth-order valence-electron chi connectivity index (χ4n) is 4.48.